The molecule has 3 nitrogen and oxygen atoms in total. The van der Waals surface area contributed by atoms with E-state index >= 15 is 0 Å². The minimum Gasteiger partial charge on any atom is -0.308 e. The first kappa shape index (κ1) is 16.9. The number of nitrogens with zero attached hydrogens (tertiary/aromatic N) is 1. The molecule has 106 valence electrons. The van der Waals surface area contributed by atoms with Gasteiger partial charge in [0.05, 0.1) is 10.0 Å². The standard InChI is InChI=1S/C10H8Cl5FN2O/c1-18(8(16)10(13,14)15)9(19)17-5-2-3-6(11)7(12)4-5/h2-4,8H,1H3,(H,17,19). The SMILES string of the molecule is CN(C(=O)Nc1ccc(Cl)c(Cl)c1)C(F)C(Cl)(Cl)Cl. The van der Waals surface area contributed by atoms with Gasteiger partial charge in [-0.3, -0.25) is 4.90 Å². The Morgan fingerprint density at radius 2 is 1.89 bits per heavy atom. The van der Waals surface area contributed by atoms with Crippen LogP contribution in [-0.2, 0) is 0 Å². The van der Waals surface area contributed by atoms with Crippen LogP contribution in [0.25, 0.3) is 0 Å². The Labute approximate surface area is 134 Å². The predicted octanol–water partition coefficient (Wildman–Crippen LogP) is 5.12. The number of amides is 2. The molecule has 0 aromatic heterocycles. The Hall–Kier alpha value is -0.130. The maximum Gasteiger partial charge on any atom is 0.323 e. The van der Waals surface area contributed by atoms with Gasteiger partial charge >= 0.3 is 6.03 Å². The molecular formula is C10H8Cl5FN2O. The highest BCUT2D eigenvalue weighted by atomic mass is 35.6. The van der Waals surface area contributed by atoms with Crippen LogP contribution in [0.2, 0.25) is 10.0 Å². The number of alkyl halides is 4. The summed E-state index contributed by atoms with van der Waals surface area (Å²) in [6, 6.07) is 3.61. The highest BCUT2D eigenvalue weighted by Gasteiger charge is 2.38. The van der Waals surface area contributed by atoms with Crippen LogP contribution >= 0.6 is 58.0 Å². The third kappa shape index (κ3) is 4.72. The number of hydrogen-bond acceptors (Lipinski definition) is 1. The molecule has 0 bridgehead atoms. The number of anilines is 1. The third-order valence-corrected chi connectivity index (χ3v) is 3.38. The van der Waals surface area contributed by atoms with Crippen LogP contribution in [0.4, 0.5) is 14.9 Å². The van der Waals surface area contributed by atoms with Crippen molar-refractivity contribution in [3.63, 3.8) is 0 Å². The summed E-state index contributed by atoms with van der Waals surface area (Å²) >= 11 is 27.6. The van der Waals surface area contributed by atoms with E-state index in [2.05, 4.69) is 5.32 Å². The molecule has 0 aliphatic rings. The Bertz CT molecular complexity index is 479. The molecular weight excluding hydrogens is 360 g/mol. The van der Waals surface area contributed by atoms with Crippen molar-refractivity contribution in [1.29, 1.82) is 0 Å². The van der Waals surface area contributed by atoms with E-state index in [-0.39, 0.29) is 5.02 Å². The fourth-order valence-corrected chi connectivity index (χ4v) is 1.85. The van der Waals surface area contributed by atoms with E-state index in [0.717, 1.165) is 7.05 Å². The average Bonchev–Trinajstić information content (AvgIpc) is 2.30. The topological polar surface area (TPSA) is 32.3 Å². The summed E-state index contributed by atoms with van der Waals surface area (Å²) in [6.45, 7) is 0. The smallest absolute Gasteiger partial charge is 0.308 e. The molecule has 0 spiro atoms. The van der Waals surface area contributed by atoms with E-state index in [9.17, 15) is 9.18 Å². The summed E-state index contributed by atoms with van der Waals surface area (Å²) in [6.07, 6.45) is -2.10. The number of hydrogen-bond donors (Lipinski definition) is 1. The highest BCUT2D eigenvalue weighted by molar-refractivity contribution is 6.68. The lowest BCUT2D eigenvalue weighted by molar-refractivity contribution is 0.137. The predicted molar refractivity (Wildman–Crippen MR) is 78.4 cm³/mol. The molecule has 1 unspecified atom stereocenters. The molecule has 2 amide bonds. The van der Waals surface area contributed by atoms with Crippen molar-refractivity contribution in [2.75, 3.05) is 12.4 Å². The zero-order chi connectivity index (χ0) is 14.8. The van der Waals surface area contributed by atoms with Gasteiger partial charge in [0, 0.05) is 12.7 Å². The van der Waals surface area contributed by atoms with Crippen molar-refractivity contribution in [3.05, 3.63) is 28.2 Å². The van der Waals surface area contributed by atoms with Crippen LogP contribution in [0, 0.1) is 0 Å². The molecule has 0 saturated carbocycles. The van der Waals surface area contributed by atoms with Crippen molar-refractivity contribution in [2.24, 2.45) is 0 Å². The number of carbonyl (C=O) groups is 1. The van der Waals surface area contributed by atoms with Crippen LogP contribution in [0.5, 0.6) is 0 Å². The molecule has 19 heavy (non-hydrogen) atoms. The van der Waals surface area contributed by atoms with Gasteiger partial charge in [0.15, 0.2) is 0 Å². The molecule has 1 aromatic carbocycles. The van der Waals surface area contributed by atoms with Gasteiger partial charge in [-0.25, -0.2) is 9.18 Å². The molecule has 1 N–H and O–H groups in total. The zero-order valence-electron chi connectivity index (χ0n) is 9.43. The summed E-state index contributed by atoms with van der Waals surface area (Å²) in [5.41, 5.74) is 0.336. The molecule has 1 atom stereocenters. The minimum atomic E-state index is -2.23. The second-order valence-electron chi connectivity index (χ2n) is 3.55. The van der Waals surface area contributed by atoms with Crippen LogP contribution in [0.3, 0.4) is 0 Å². The van der Waals surface area contributed by atoms with Gasteiger partial charge in [0.2, 0.25) is 10.1 Å². The van der Waals surface area contributed by atoms with E-state index < -0.39 is 16.1 Å². The number of halogens is 6. The lowest BCUT2D eigenvalue weighted by Gasteiger charge is -2.26. The lowest BCUT2D eigenvalue weighted by atomic mass is 10.3. The van der Waals surface area contributed by atoms with Gasteiger partial charge in [-0.15, -0.1) is 0 Å². The molecule has 1 aromatic rings. The summed E-state index contributed by atoms with van der Waals surface area (Å²) < 4.78 is 11.4. The van der Waals surface area contributed by atoms with Crippen molar-refractivity contribution in [1.82, 2.24) is 4.90 Å². The van der Waals surface area contributed by atoms with Crippen LogP contribution < -0.4 is 5.32 Å². The summed E-state index contributed by atoms with van der Waals surface area (Å²) in [5, 5.41) is 2.97. The van der Waals surface area contributed by atoms with E-state index in [1.807, 2.05) is 0 Å². The first-order valence-electron chi connectivity index (χ1n) is 4.82. The van der Waals surface area contributed by atoms with Gasteiger partial charge in [0.25, 0.3) is 0 Å². The molecule has 0 heterocycles. The van der Waals surface area contributed by atoms with Crippen LogP contribution in [0.1, 0.15) is 0 Å². The molecule has 1 rings (SSSR count). The number of rotatable bonds is 2. The second kappa shape index (κ2) is 6.55. The monoisotopic (exact) mass is 366 g/mol. The Balaban J connectivity index is 2.77. The minimum absolute atomic E-state index is 0.250. The number of benzene rings is 1. The summed E-state index contributed by atoms with van der Waals surface area (Å²) in [7, 11) is 1.15. The highest BCUT2D eigenvalue weighted by Crippen LogP contribution is 2.34. The van der Waals surface area contributed by atoms with Crippen molar-refractivity contribution in [2.45, 2.75) is 10.1 Å². The summed E-state index contributed by atoms with van der Waals surface area (Å²) in [4.78, 5) is 12.3. The van der Waals surface area contributed by atoms with Crippen LogP contribution in [0.15, 0.2) is 18.2 Å². The van der Waals surface area contributed by atoms with Crippen LogP contribution in [-0.4, -0.2) is 28.1 Å². The van der Waals surface area contributed by atoms with Gasteiger partial charge in [-0.1, -0.05) is 58.0 Å². The molecule has 0 fully saturated rings. The fraction of sp³-hybridized carbons (Fsp3) is 0.300. The molecule has 9 heteroatoms. The van der Waals surface area contributed by atoms with Crippen molar-refractivity contribution in [3.8, 4) is 0 Å². The quantitative estimate of drug-likeness (QED) is 0.570. The molecule has 0 saturated heterocycles. The normalized spacial score (nSPS) is 13.0. The number of urea groups is 1. The Morgan fingerprint density at radius 3 is 2.37 bits per heavy atom. The van der Waals surface area contributed by atoms with E-state index in [0.29, 0.717) is 15.6 Å². The molecule has 0 aliphatic heterocycles. The van der Waals surface area contributed by atoms with Crippen molar-refractivity contribution >= 4 is 69.7 Å². The van der Waals surface area contributed by atoms with Gasteiger partial charge in [-0.2, -0.15) is 0 Å². The third-order valence-electron chi connectivity index (χ3n) is 2.10. The molecule has 0 radical (unpaired) electrons. The molecule has 0 aliphatic carbocycles. The largest absolute Gasteiger partial charge is 0.323 e. The number of carbonyl (C=O) groups excluding carboxylic acids is 1. The maximum absolute atomic E-state index is 13.6. The zero-order valence-corrected chi connectivity index (χ0v) is 13.2. The van der Waals surface area contributed by atoms with Crippen molar-refractivity contribution < 1.29 is 9.18 Å². The lowest BCUT2D eigenvalue weighted by Crippen LogP contribution is -2.44. The Kier molecular flexibility index (Phi) is 5.83. The summed E-state index contributed by atoms with van der Waals surface area (Å²) in [5.74, 6) is 0. The second-order valence-corrected chi connectivity index (χ2v) is 6.73. The number of nitrogens with one attached hydrogen (secondary N) is 1. The van der Waals surface area contributed by atoms with Gasteiger partial charge in [0.1, 0.15) is 0 Å². The first-order chi connectivity index (χ1) is 8.62. The average molecular weight is 368 g/mol. The van der Waals surface area contributed by atoms with E-state index in [4.69, 9.17) is 58.0 Å². The van der Waals surface area contributed by atoms with E-state index in [1.165, 1.54) is 18.2 Å². The maximum atomic E-state index is 13.6. The van der Waals surface area contributed by atoms with Gasteiger partial charge in [-0.05, 0) is 18.2 Å². The van der Waals surface area contributed by atoms with Gasteiger partial charge < -0.3 is 5.32 Å². The Morgan fingerprint density at radius 1 is 1.32 bits per heavy atom. The van der Waals surface area contributed by atoms with E-state index in [1.54, 1.807) is 0 Å². The fourth-order valence-electron chi connectivity index (χ4n) is 1.11. The first-order valence-corrected chi connectivity index (χ1v) is 6.71.